The fourth-order valence-electron chi connectivity index (χ4n) is 3.20. The molecule has 3 heteroatoms. The van der Waals surface area contributed by atoms with Gasteiger partial charge in [-0.1, -0.05) is 77.9 Å². The van der Waals surface area contributed by atoms with Crippen LogP contribution in [-0.4, -0.2) is 18.3 Å². The summed E-state index contributed by atoms with van der Waals surface area (Å²) in [6, 6.07) is 12.2. The first kappa shape index (κ1) is 25.0. The highest BCUT2D eigenvalue weighted by molar-refractivity contribution is 5.47. The topological polar surface area (TPSA) is 55.5 Å². The molecule has 0 aromatic heterocycles. The Morgan fingerprint density at radius 2 is 1.24 bits per heavy atom. The minimum atomic E-state index is -0.00859. The summed E-state index contributed by atoms with van der Waals surface area (Å²) in [5.41, 5.74) is 9.85. The van der Waals surface area contributed by atoms with Crippen LogP contribution in [0.5, 0.6) is 11.5 Å². The quantitative estimate of drug-likeness (QED) is 0.571. The molecule has 162 valence electrons. The summed E-state index contributed by atoms with van der Waals surface area (Å²) >= 11 is 0. The van der Waals surface area contributed by atoms with Crippen LogP contribution in [0.4, 0.5) is 0 Å². The normalized spacial score (nSPS) is 11.6. The smallest absolute Gasteiger partial charge is 0.125 e. The van der Waals surface area contributed by atoms with Crippen molar-refractivity contribution >= 4 is 0 Å². The van der Waals surface area contributed by atoms with Crippen molar-refractivity contribution in [1.29, 1.82) is 0 Å². The molecule has 0 radical (unpaired) electrons. The number of phenolic OH excluding ortho intramolecular Hbond substituents is 1. The third-order valence-corrected chi connectivity index (χ3v) is 4.91. The molecular formula is C26H41NO2. The van der Waals surface area contributed by atoms with Crippen molar-refractivity contribution in [3.05, 3.63) is 58.7 Å². The van der Waals surface area contributed by atoms with Gasteiger partial charge in [0, 0.05) is 0 Å². The predicted octanol–water partition coefficient (Wildman–Crippen LogP) is 6.41. The molecular weight excluding hydrogens is 358 g/mol. The summed E-state index contributed by atoms with van der Waals surface area (Å²) in [6.45, 7) is 18.4. The molecule has 3 nitrogen and oxygen atoms in total. The molecule has 0 fully saturated rings. The summed E-state index contributed by atoms with van der Waals surface area (Å²) < 4.78 is 5.71. The van der Waals surface area contributed by atoms with Gasteiger partial charge in [0.15, 0.2) is 0 Å². The number of hydrogen-bond donors (Lipinski definition) is 2. The highest BCUT2D eigenvalue weighted by Crippen LogP contribution is 2.38. The van der Waals surface area contributed by atoms with Crippen LogP contribution in [0.3, 0.4) is 0 Å². The largest absolute Gasteiger partial charge is 0.507 e. The fraction of sp³-hybridized carbons (Fsp3) is 0.538. The number of rotatable bonds is 5. The lowest BCUT2D eigenvalue weighted by atomic mass is 9.80. The molecule has 0 unspecified atom stereocenters. The zero-order valence-corrected chi connectivity index (χ0v) is 19.7. The molecule has 2 aromatic carbocycles. The van der Waals surface area contributed by atoms with Crippen LogP contribution in [-0.2, 0) is 10.8 Å². The number of hydrogen-bond acceptors (Lipinski definition) is 3. The zero-order chi connectivity index (χ0) is 22.2. The number of nitrogens with two attached hydrogens (primary N) is 1. The van der Waals surface area contributed by atoms with Gasteiger partial charge in [0.25, 0.3) is 0 Å². The number of ether oxygens (including phenoxy) is 1. The van der Waals surface area contributed by atoms with E-state index in [9.17, 15) is 5.11 Å². The van der Waals surface area contributed by atoms with Crippen LogP contribution in [0.15, 0.2) is 36.4 Å². The Balaban J connectivity index is 0.000000291. The summed E-state index contributed by atoms with van der Waals surface area (Å²) in [5, 5.41) is 10.3. The van der Waals surface area contributed by atoms with Crippen LogP contribution in [0, 0.1) is 13.8 Å². The van der Waals surface area contributed by atoms with Crippen LogP contribution in [0.1, 0.15) is 76.6 Å². The average Bonchev–Trinajstić information content (AvgIpc) is 2.59. The second kappa shape index (κ2) is 10.7. The molecule has 0 atom stereocenters. The average molecular weight is 400 g/mol. The van der Waals surface area contributed by atoms with E-state index < -0.39 is 0 Å². The molecule has 2 aromatic rings. The van der Waals surface area contributed by atoms with E-state index in [1.165, 1.54) is 11.1 Å². The lowest BCUT2D eigenvalue weighted by Gasteiger charge is -2.26. The van der Waals surface area contributed by atoms with Gasteiger partial charge in [0.1, 0.15) is 11.5 Å². The van der Waals surface area contributed by atoms with E-state index in [1.54, 1.807) is 0 Å². The number of phenols is 1. The first-order chi connectivity index (χ1) is 13.4. The van der Waals surface area contributed by atoms with Crippen molar-refractivity contribution in [2.45, 2.75) is 79.1 Å². The molecule has 3 N–H and O–H groups in total. The molecule has 0 aliphatic heterocycles. The lowest BCUT2D eigenvalue weighted by Crippen LogP contribution is -2.16. The second-order valence-electron chi connectivity index (χ2n) is 9.77. The maximum absolute atomic E-state index is 10.3. The Bertz CT molecular complexity index is 715. The molecule has 0 amide bonds. The van der Waals surface area contributed by atoms with Crippen LogP contribution < -0.4 is 10.5 Å². The van der Waals surface area contributed by atoms with Gasteiger partial charge in [-0.2, -0.15) is 0 Å². The van der Waals surface area contributed by atoms with E-state index in [-0.39, 0.29) is 10.8 Å². The van der Waals surface area contributed by atoms with Gasteiger partial charge in [-0.3, -0.25) is 0 Å². The second-order valence-corrected chi connectivity index (χ2v) is 9.77. The van der Waals surface area contributed by atoms with Crippen molar-refractivity contribution in [2.75, 3.05) is 13.2 Å². The van der Waals surface area contributed by atoms with Gasteiger partial charge in [-0.05, 0) is 66.3 Å². The molecule has 29 heavy (non-hydrogen) atoms. The molecule has 0 heterocycles. The molecule has 0 aliphatic rings. The van der Waals surface area contributed by atoms with Crippen LogP contribution in [0.25, 0.3) is 0 Å². The van der Waals surface area contributed by atoms with Crippen molar-refractivity contribution in [3.8, 4) is 11.5 Å². The number of unbranched alkanes of at least 4 members (excludes halogenated alkanes) is 1. The SMILES string of the molecule is CC(C)(C)c1cccc(C(C)(C)C)c1O.Cc1cccc(C)c1OCCCCN. The monoisotopic (exact) mass is 399 g/mol. The van der Waals surface area contributed by atoms with Gasteiger partial charge >= 0.3 is 0 Å². The first-order valence-electron chi connectivity index (χ1n) is 10.6. The third-order valence-electron chi connectivity index (χ3n) is 4.91. The van der Waals surface area contributed by atoms with E-state index in [0.29, 0.717) is 5.75 Å². The van der Waals surface area contributed by atoms with E-state index in [0.717, 1.165) is 42.9 Å². The standard InChI is InChI=1S/C14H22O.C12H19NO/c1-13(2,3)10-8-7-9-11(12(10)15)14(4,5)6;1-10-6-5-7-11(2)12(10)14-9-4-3-8-13/h7-9,15H,1-6H3;5-7H,3-4,8-9,13H2,1-2H3. The van der Waals surface area contributed by atoms with Crippen molar-refractivity contribution < 1.29 is 9.84 Å². The Morgan fingerprint density at radius 1 is 0.793 bits per heavy atom. The molecule has 0 bridgehead atoms. The van der Waals surface area contributed by atoms with E-state index in [1.807, 2.05) is 18.2 Å². The van der Waals surface area contributed by atoms with E-state index in [2.05, 4.69) is 73.6 Å². The van der Waals surface area contributed by atoms with E-state index in [4.69, 9.17) is 10.5 Å². The number of aryl methyl sites for hydroxylation is 2. The number of aromatic hydroxyl groups is 1. The van der Waals surface area contributed by atoms with Crippen LogP contribution >= 0.6 is 0 Å². The summed E-state index contributed by atoms with van der Waals surface area (Å²) in [7, 11) is 0. The molecule has 0 saturated carbocycles. The highest BCUT2D eigenvalue weighted by atomic mass is 16.5. The Hall–Kier alpha value is -2.00. The zero-order valence-electron chi connectivity index (χ0n) is 19.7. The summed E-state index contributed by atoms with van der Waals surface area (Å²) in [6.07, 6.45) is 2.06. The summed E-state index contributed by atoms with van der Waals surface area (Å²) in [4.78, 5) is 0. The van der Waals surface area contributed by atoms with Gasteiger partial charge in [-0.15, -0.1) is 0 Å². The Kier molecular flexibility index (Phi) is 9.22. The van der Waals surface area contributed by atoms with Crippen molar-refractivity contribution in [3.63, 3.8) is 0 Å². The lowest BCUT2D eigenvalue weighted by molar-refractivity contribution is 0.304. The van der Waals surface area contributed by atoms with Gasteiger partial charge in [-0.25, -0.2) is 0 Å². The molecule has 0 spiro atoms. The maximum Gasteiger partial charge on any atom is 0.125 e. The highest BCUT2D eigenvalue weighted by Gasteiger charge is 2.24. The van der Waals surface area contributed by atoms with Crippen molar-refractivity contribution in [1.82, 2.24) is 0 Å². The van der Waals surface area contributed by atoms with Crippen LogP contribution in [0.2, 0.25) is 0 Å². The fourth-order valence-corrected chi connectivity index (χ4v) is 3.20. The Morgan fingerprint density at radius 3 is 1.66 bits per heavy atom. The third kappa shape index (κ3) is 7.74. The molecule has 2 rings (SSSR count). The van der Waals surface area contributed by atoms with Gasteiger partial charge < -0.3 is 15.6 Å². The maximum atomic E-state index is 10.3. The van der Waals surface area contributed by atoms with Crippen molar-refractivity contribution in [2.24, 2.45) is 5.73 Å². The minimum absolute atomic E-state index is 0.00859. The summed E-state index contributed by atoms with van der Waals surface area (Å²) in [5.74, 6) is 1.49. The first-order valence-corrected chi connectivity index (χ1v) is 10.6. The predicted molar refractivity (Wildman–Crippen MR) is 125 cm³/mol. The van der Waals surface area contributed by atoms with E-state index >= 15 is 0 Å². The minimum Gasteiger partial charge on any atom is -0.507 e. The van der Waals surface area contributed by atoms with Gasteiger partial charge in [0.05, 0.1) is 6.61 Å². The Labute approximate surface area is 178 Å². The molecule has 0 aliphatic carbocycles. The number of benzene rings is 2. The number of para-hydroxylation sites is 2. The molecule has 0 saturated heterocycles. The van der Waals surface area contributed by atoms with Gasteiger partial charge in [0.2, 0.25) is 0 Å².